The van der Waals surface area contributed by atoms with Crippen LogP contribution in [0.15, 0.2) is 42.1 Å². The highest BCUT2D eigenvalue weighted by molar-refractivity contribution is 6.37. The van der Waals surface area contributed by atoms with Gasteiger partial charge in [-0.05, 0) is 30.9 Å². The Morgan fingerprint density at radius 1 is 1.26 bits per heavy atom. The maximum Gasteiger partial charge on any atom is 0.245 e. The molecule has 0 N–H and O–H groups in total. The summed E-state index contributed by atoms with van der Waals surface area (Å²) in [6.45, 7) is 0.762. The third-order valence-electron chi connectivity index (χ3n) is 3.28. The van der Waals surface area contributed by atoms with Crippen molar-refractivity contribution in [3.05, 3.63) is 47.7 Å². The van der Waals surface area contributed by atoms with Gasteiger partial charge in [0, 0.05) is 19.2 Å². The highest BCUT2D eigenvalue weighted by atomic mass is 35.5. The topological polar surface area (TPSA) is 20.3 Å². The lowest BCUT2D eigenvalue weighted by molar-refractivity contribution is -0.128. The maximum absolute atomic E-state index is 12.3. The second kappa shape index (κ2) is 6.60. The van der Waals surface area contributed by atoms with Gasteiger partial charge >= 0.3 is 0 Å². The van der Waals surface area contributed by atoms with E-state index in [0.29, 0.717) is 0 Å². The Kier molecular flexibility index (Phi) is 4.84. The van der Waals surface area contributed by atoms with E-state index in [1.54, 1.807) is 4.90 Å². The van der Waals surface area contributed by atoms with E-state index in [0.717, 1.165) is 36.9 Å². The summed E-state index contributed by atoms with van der Waals surface area (Å²) in [5, 5.41) is -0.665. The minimum atomic E-state index is -0.665. The first-order valence-electron chi connectivity index (χ1n) is 6.59. The fourth-order valence-corrected chi connectivity index (χ4v) is 2.48. The Hall–Kier alpha value is -1.50. The molecule has 1 heterocycles. The van der Waals surface area contributed by atoms with Crippen LogP contribution in [-0.4, -0.2) is 29.8 Å². The molecule has 100 valence electrons. The van der Waals surface area contributed by atoms with Gasteiger partial charge in [0.15, 0.2) is 0 Å². The molecule has 2 rings (SSSR count). The van der Waals surface area contributed by atoms with E-state index in [9.17, 15) is 4.79 Å². The lowest BCUT2D eigenvalue weighted by atomic mass is 10.0. The van der Waals surface area contributed by atoms with E-state index in [-0.39, 0.29) is 5.91 Å². The molecular formula is C16H18ClNO. The van der Waals surface area contributed by atoms with Gasteiger partial charge in [-0.25, -0.2) is 0 Å². The lowest BCUT2D eigenvalue weighted by Crippen LogP contribution is -2.35. The van der Waals surface area contributed by atoms with Crippen molar-refractivity contribution in [3.8, 4) is 0 Å². The second-order valence-corrected chi connectivity index (χ2v) is 5.18. The molecule has 19 heavy (non-hydrogen) atoms. The molecule has 2 nitrogen and oxygen atoms in total. The van der Waals surface area contributed by atoms with Gasteiger partial charge in [0.25, 0.3) is 0 Å². The molecule has 1 aliphatic rings. The Labute approximate surface area is 119 Å². The fourth-order valence-electron chi connectivity index (χ4n) is 2.13. The molecule has 1 aromatic rings. The van der Waals surface area contributed by atoms with Crippen LogP contribution in [-0.2, 0) is 4.79 Å². The van der Waals surface area contributed by atoms with Gasteiger partial charge in [-0.15, -0.1) is 17.3 Å². The van der Waals surface area contributed by atoms with E-state index in [1.807, 2.05) is 43.5 Å². The Balaban J connectivity index is 2.40. The van der Waals surface area contributed by atoms with Gasteiger partial charge in [0.1, 0.15) is 5.38 Å². The predicted molar refractivity (Wildman–Crippen MR) is 79.1 cm³/mol. The largest absolute Gasteiger partial charge is 0.344 e. The number of nitrogens with zero attached hydrogens (tertiary/aromatic N) is 1. The van der Waals surface area contributed by atoms with Crippen LogP contribution in [0.4, 0.5) is 0 Å². The Morgan fingerprint density at radius 2 is 2.00 bits per heavy atom. The average molecular weight is 276 g/mol. The number of alkyl halides is 1. The third kappa shape index (κ3) is 3.50. The summed E-state index contributed by atoms with van der Waals surface area (Å²) < 4.78 is 0. The normalized spacial score (nSPS) is 21.2. The average Bonchev–Trinajstić information content (AvgIpc) is 2.45. The zero-order valence-electron chi connectivity index (χ0n) is 11.1. The first kappa shape index (κ1) is 13.9. The molecule has 0 saturated heterocycles. The predicted octanol–water partition coefficient (Wildman–Crippen LogP) is 3.47. The van der Waals surface area contributed by atoms with Gasteiger partial charge < -0.3 is 4.90 Å². The molecule has 0 aromatic heterocycles. The Bertz CT molecular complexity index is 503. The Morgan fingerprint density at radius 3 is 2.74 bits per heavy atom. The number of rotatable bonds is 1. The summed E-state index contributed by atoms with van der Waals surface area (Å²) in [6.07, 6.45) is 5.04. The van der Waals surface area contributed by atoms with Gasteiger partial charge in [-0.2, -0.15) is 0 Å². The van der Waals surface area contributed by atoms with Gasteiger partial charge in [-0.1, -0.05) is 30.3 Å². The number of halogens is 1. The maximum atomic E-state index is 12.3. The first-order chi connectivity index (χ1) is 9.20. The monoisotopic (exact) mass is 275 g/mol. The molecule has 0 saturated carbocycles. The van der Waals surface area contributed by atoms with Crippen LogP contribution in [0.2, 0.25) is 0 Å². The van der Waals surface area contributed by atoms with Crippen molar-refractivity contribution >= 4 is 23.1 Å². The zero-order valence-corrected chi connectivity index (χ0v) is 11.9. The molecule has 1 atom stereocenters. The molecule has 1 unspecified atom stereocenters. The van der Waals surface area contributed by atoms with Crippen molar-refractivity contribution in [1.82, 2.24) is 4.90 Å². The molecular weight excluding hydrogens is 258 g/mol. The molecule has 0 spiro atoms. The minimum Gasteiger partial charge on any atom is -0.344 e. The fraction of sp³-hybridized carbons (Fsp3) is 0.375. The first-order valence-corrected chi connectivity index (χ1v) is 7.03. The van der Waals surface area contributed by atoms with E-state index in [2.05, 4.69) is 5.73 Å². The summed E-state index contributed by atoms with van der Waals surface area (Å²) in [5.41, 5.74) is 4.94. The quantitative estimate of drug-likeness (QED) is 0.568. The summed E-state index contributed by atoms with van der Waals surface area (Å²) >= 11 is 6.35. The SMILES string of the molecule is CN1CCCCC=C=C(c2ccccc2)C(Cl)C1=O. The number of benzene rings is 1. The summed E-state index contributed by atoms with van der Waals surface area (Å²) in [4.78, 5) is 14.0. The molecule has 1 aromatic carbocycles. The molecule has 0 fully saturated rings. The zero-order chi connectivity index (χ0) is 13.7. The molecule has 0 aliphatic carbocycles. The van der Waals surface area contributed by atoms with Crippen LogP contribution >= 0.6 is 11.6 Å². The molecule has 3 heteroatoms. The van der Waals surface area contributed by atoms with Crippen molar-refractivity contribution in [1.29, 1.82) is 0 Å². The third-order valence-corrected chi connectivity index (χ3v) is 3.69. The van der Waals surface area contributed by atoms with Crippen molar-refractivity contribution < 1.29 is 4.79 Å². The second-order valence-electron chi connectivity index (χ2n) is 4.75. The molecule has 0 bridgehead atoms. The molecule has 0 radical (unpaired) electrons. The van der Waals surface area contributed by atoms with Crippen LogP contribution in [0.3, 0.4) is 0 Å². The standard InChI is InChI=1S/C16H18ClNO/c1-18-12-8-3-2-7-11-14(15(17)16(18)19)13-9-5-4-6-10-13/h4-7,9-10,15H,2-3,8,12H2,1H3. The van der Waals surface area contributed by atoms with E-state index in [4.69, 9.17) is 11.6 Å². The van der Waals surface area contributed by atoms with Crippen LogP contribution in [0.5, 0.6) is 0 Å². The minimum absolute atomic E-state index is 0.0525. The number of carbonyl (C=O) groups is 1. The van der Waals surface area contributed by atoms with E-state index < -0.39 is 5.38 Å². The summed E-state index contributed by atoms with van der Waals surface area (Å²) in [7, 11) is 1.81. The van der Waals surface area contributed by atoms with Gasteiger partial charge in [0.05, 0.1) is 0 Å². The van der Waals surface area contributed by atoms with Crippen LogP contribution in [0.25, 0.3) is 5.57 Å². The number of carbonyl (C=O) groups excluding carboxylic acids is 1. The van der Waals surface area contributed by atoms with Crippen LogP contribution in [0, 0.1) is 0 Å². The summed E-state index contributed by atoms with van der Waals surface area (Å²) in [5.74, 6) is -0.0525. The van der Waals surface area contributed by atoms with Crippen molar-refractivity contribution in [2.24, 2.45) is 0 Å². The van der Waals surface area contributed by atoms with Gasteiger partial charge in [0.2, 0.25) is 5.91 Å². The van der Waals surface area contributed by atoms with Crippen LogP contribution in [0.1, 0.15) is 24.8 Å². The molecule has 1 aliphatic heterocycles. The highest BCUT2D eigenvalue weighted by Gasteiger charge is 2.24. The van der Waals surface area contributed by atoms with Crippen LogP contribution < -0.4 is 0 Å². The lowest BCUT2D eigenvalue weighted by Gasteiger charge is -2.22. The molecule has 1 amide bonds. The number of hydrogen-bond acceptors (Lipinski definition) is 1. The van der Waals surface area contributed by atoms with Gasteiger partial charge in [-0.3, -0.25) is 4.79 Å². The highest BCUT2D eigenvalue weighted by Crippen LogP contribution is 2.24. The van der Waals surface area contributed by atoms with Crippen molar-refractivity contribution in [2.45, 2.75) is 24.6 Å². The number of amides is 1. The van der Waals surface area contributed by atoms with E-state index in [1.165, 1.54) is 0 Å². The van der Waals surface area contributed by atoms with Crippen molar-refractivity contribution in [2.75, 3.05) is 13.6 Å². The number of hydrogen-bond donors (Lipinski definition) is 0. The van der Waals surface area contributed by atoms with E-state index >= 15 is 0 Å². The summed E-state index contributed by atoms with van der Waals surface area (Å²) in [6, 6.07) is 9.77. The van der Waals surface area contributed by atoms with Crippen molar-refractivity contribution in [3.63, 3.8) is 0 Å². The smallest absolute Gasteiger partial charge is 0.245 e.